The molecule has 0 saturated carbocycles. The van der Waals surface area contributed by atoms with E-state index in [0.717, 1.165) is 92.5 Å². The third-order valence-corrected chi connectivity index (χ3v) is 11.2. The number of imidazole rings is 2. The number of hydrogen-bond donors (Lipinski definition) is 2. The zero-order chi connectivity index (χ0) is 39.0. The van der Waals surface area contributed by atoms with Gasteiger partial charge in [-0.3, -0.25) is 9.80 Å². The van der Waals surface area contributed by atoms with Gasteiger partial charge in [-0.2, -0.15) is 0 Å². The number of rotatable bonds is 8. The van der Waals surface area contributed by atoms with Gasteiger partial charge in [-0.1, -0.05) is 84.9 Å². The number of nitrogens with zero attached hydrogens (tertiary/aromatic N) is 6. The third kappa shape index (κ3) is 6.97. The summed E-state index contributed by atoms with van der Waals surface area (Å²) in [5.74, 6) is 1.44. The number of ether oxygens (including phenoxy) is 2. The number of likely N-dealkylation sites (tertiary alicyclic amines) is 2. The lowest BCUT2D eigenvalue weighted by molar-refractivity contribution is 0.0903. The molecule has 12 nitrogen and oxygen atoms in total. The van der Waals surface area contributed by atoms with Crippen LogP contribution in [0, 0.1) is 0 Å². The van der Waals surface area contributed by atoms with Crippen LogP contribution in [-0.2, 0) is 22.7 Å². The summed E-state index contributed by atoms with van der Waals surface area (Å²) in [6.45, 7) is 1.71. The third-order valence-electron chi connectivity index (χ3n) is 11.2. The van der Waals surface area contributed by atoms with Crippen molar-refractivity contribution in [1.29, 1.82) is 0 Å². The van der Waals surface area contributed by atoms with Crippen LogP contribution in [0.25, 0.3) is 55.4 Å². The molecule has 0 aliphatic carbocycles. The molecule has 2 atom stereocenters. The number of hydrogen-bond acceptors (Lipinski definition) is 8. The van der Waals surface area contributed by atoms with E-state index in [1.807, 2.05) is 85.2 Å². The number of nitrogens with one attached hydrogen (secondary N) is 2. The Kier molecular flexibility index (Phi) is 9.21. The zero-order valence-electron chi connectivity index (χ0n) is 31.7. The van der Waals surface area contributed by atoms with Crippen molar-refractivity contribution in [3.05, 3.63) is 144 Å². The quantitative estimate of drug-likeness (QED) is 0.156. The first-order chi connectivity index (χ1) is 28.5. The van der Waals surface area contributed by atoms with E-state index in [4.69, 9.17) is 29.4 Å². The standard InChI is InChI=1S/C46H40N8O4/c55-45(57-27-29-9-3-1-4-10-29)53-19-7-13-39(53)43-49-37-23-35(25-47-41(37)51-43)33-17-15-32-22-34(18-16-31(32)21-33)36-24-38-42(48-26-36)52-44(50-38)40-14-8-20-54(40)46(56)58-28-30-11-5-2-6-12-30/h1-6,9-12,15-18,21-26,39-40H,7-8,13-14,19-20,27-28H2,(H,47,49,51)(H,48,50,52)/t39-,40?/m0/s1. The molecule has 8 aromatic rings. The van der Waals surface area contributed by atoms with Crippen molar-refractivity contribution < 1.29 is 19.1 Å². The maximum absolute atomic E-state index is 13.1. The molecular weight excluding hydrogens is 729 g/mol. The summed E-state index contributed by atoms with van der Waals surface area (Å²) in [7, 11) is 0. The van der Waals surface area contributed by atoms with Crippen molar-refractivity contribution >= 4 is 45.3 Å². The fourth-order valence-electron chi connectivity index (χ4n) is 8.21. The Morgan fingerprint density at radius 2 is 1.02 bits per heavy atom. The molecule has 0 radical (unpaired) electrons. The lowest BCUT2D eigenvalue weighted by Crippen LogP contribution is -2.31. The largest absolute Gasteiger partial charge is 0.445 e. The van der Waals surface area contributed by atoms with E-state index in [9.17, 15) is 9.59 Å². The molecule has 4 aromatic heterocycles. The number of aromatic amines is 2. The molecule has 288 valence electrons. The molecular formula is C46H40N8O4. The highest BCUT2D eigenvalue weighted by molar-refractivity contribution is 5.92. The Balaban J connectivity index is 0.835. The molecule has 1 unspecified atom stereocenters. The fraction of sp³-hybridized carbons (Fsp3) is 0.217. The van der Waals surface area contributed by atoms with Crippen molar-refractivity contribution in [3.63, 3.8) is 0 Å². The summed E-state index contributed by atoms with van der Waals surface area (Å²) in [6, 6.07) is 35.9. The Morgan fingerprint density at radius 1 is 0.569 bits per heavy atom. The Labute approximate surface area is 333 Å². The summed E-state index contributed by atoms with van der Waals surface area (Å²) in [4.78, 5) is 55.6. The minimum Gasteiger partial charge on any atom is -0.445 e. The van der Waals surface area contributed by atoms with Gasteiger partial charge in [0, 0.05) is 36.6 Å². The van der Waals surface area contributed by atoms with Crippen molar-refractivity contribution in [2.24, 2.45) is 0 Å². The van der Waals surface area contributed by atoms with Crippen molar-refractivity contribution in [2.75, 3.05) is 13.1 Å². The van der Waals surface area contributed by atoms with E-state index < -0.39 is 0 Å². The number of benzene rings is 4. The van der Waals surface area contributed by atoms with E-state index in [2.05, 4.69) is 46.4 Å². The minimum atomic E-state index is -0.335. The summed E-state index contributed by atoms with van der Waals surface area (Å²) in [5.41, 5.74) is 8.75. The second-order valence-corrected chi connectivity index (χ2v) is 15.0. The van der Waals surface area contributed by atoms with Crippen molar-refractivity contribution in [1.82, 2.24) is 39.7 Å². The first-order valence-electron chi connectivity index (χ1n) is 19.7. The summed E-state index contributed by atoms with van der Waals surface area (Å²) in [5, 5.41) is 2.19. The number of aromatic nitrogens is 6. The molecule has 0 bridgehead atoms. The lowest BCUT2D eigenvalue weighted by atomic mass is 9.99. The van der Waals surface area contributed by atoms with E-state index >= 15 is 0 Å². The highest BCUT2D eigenvalue weighted by Gasteiger charge is 2.35. The van der Waals surface area contributed by atoms with Crippen LogP contribution in [0.4, 0.5) is 9.59 Å². The summed E-state index contributed by atoms with van der Waals surface area (Å²) < 4.78 is 11.3. The second-order valence-electron chi connectivity index (χ2n) is 15.0. The second kappa shape index (κ2) is 15.1. The number of H-pyrrole nitrogens is 2. The van der Waals surface area contributed by atoms with E-state index in [1.165, 1.54) is 0 Å². The van der Waals surface area contributed by atoms with E-state index in [0.29, 0.717) is 24.4 Å². The average Bonchev–Trinajstić information content (AvgIpc) is 4.10. The molecule has 2 aliphatic heterocycles. The van der Waals surface area contributed by atoms with Crippen LogP contribution in [0.3, 0.4) is 0 Å². The SMILES string of the molecule is O=C(OCc1ccccc1)N1CCCC1c1nc2cc(-c3ccc4cc(-c5cnc6[nH]c([C@@H]7CCCN7C(=O)OCc7ccccc7)nc6c5)ccc4c3)cnc2[nH]1. The summed E-state index contributed by atoms with van der Waals surface area (Å²) in [6.07, 6.45) is 6.42. The van der Waals surface area contributed by atoms with Gasteiger partial charge in [0.1, 0.15) is 35.9 Å². The average molecular weight is 769 g/mol. The molecule has 58 heavy (non-hydrogen) atoms. The van der Waals surface area contributed by atoms with Crippen LogP contribution in [0.2, 0.25) is 0 Å². The predicted molar refractivity (Wildman–Crippen MR) is 220 cm³/mol. The highest BCUT2D eigenvalue weighted by atomic mass is 16.6. The van der Waals surface area contributed by atoms with Crippen LogP contribution in [0.15, 0.2) is 122 Å². The lowest BCUT2D eigenvalue weighted by Gasteiger charge is -2.22. The Hall–Kier alpha value is -7.08. The number of amides is 2. The van der Waals surface area contributed by atoms with Gasteiger partial charge in [0.15, 0.2) is 11.3 Å². The number of carbonyl (C=O) groups excluding carboxylic acids is 2. The van der Waals surface area contributed by atoms with Crippen LogP contribution < -0.4 is 0 Å². The van der Waals surface area contributed by atoms with Crippen LogP contribution >= 0.6 is 0 Å². The van der Waals surface area contributed by atoms with Gasteiger partial charge in [0.05, 0.1) is 12.1 Å². The zero-order valence-corrected chi connectivity index (χ0v) is 31.7. The smallest absolute Gasteiger partial charge is 0.410 e. The molecule has 2 N–H and O–H groups in total. The maximum atomic E-state index is 13.1. The number of pyridine rings is 2. The van der Waals surface area contributed by atoms with Crippen LogP contribution in [0.1, 0.15) is 60.5 Å². The predicted octanol–water partition coefficient (Wildman–Crippen LogP) is 9.66. The first kappa shape index (κ1) is 35.3. The van der Waals surface area contributed by atoms with Gasteiger partial charge in [0.25, 0.3) is 0 Å². The topological polar surface area (TPSA) is 142 Å². The normalized spacial score (nSPS) is 16.8. The van der Waals surface area contributed by atoms with Gasteiger partial charge in [-0.05, 0) is 83.0 Å². The molecule has 2 amide bonds. The summed E-state index contributed by atoms with van der Waals surface area (Å²) >= 11 is 0. The monoisotopic (exact) mass is 768 g/mol. The maximum Gasteiger partial charge on any atom is 0.410 e. The molecule has 0 spiro atoms. The van der Waals surface area contributed by atoms with Gasteiger partial charge >= 0.3 is 12.2 Å². The van der Waals surface area contributed by atoms with E-state index in [1.54, 1.807) is 9.80 Å². The molecule has 2 aliphatic rings. The molecule has 2 fully saturated rings. The number of fused-ring (bicyclic) bond motifs is 3. The Bertz CT molecular complexity index is 2600. The molecule has 6 heterocycles. The van der Waals surface area contributed by atoms with Gasteiger partial charge in [-0.25, -0.2) is 29.5 Å². The fourth-order valence-corrected chi connectivity index (χ4v) is 8.21. The first-order valence-corrected chi connectivity index (χ1v) is 19.7. The molecule has 10 rings (SSSR count). The van der Waals surface area contributed by atoms with Gasteiger partial charge in [0.2, 0.25) is 0 Å². The van der Waals surface area contributed by atoms with Gasteiger partial charge < -0.3 is 19.4 Å². The highest BCUT2D eigenvalue weighted by Crippen LogP contribution is 2.35. The minimum absolute atomic E-state index is 0.194. The van der Waals surface area contributed by atoms with Crippen LogP contribution in [-0.4, -0.2) is 65.0 Å². The Morgan fingerprint density at radius 3 is 1.47 bits per heavy atom. The molecule has 12 heteroatoms. The number of carbonyl (C=O) groups is 2. The van der Waals surface area contributed by atoms with Crippen molar-refractivity contribution in [3.8, 4) is 22.3 Å². The van der Waals surface area contributed by atoms with Crippen LogP contribution in [0.5, 0.6) is 0 Å². The van der Waals surface area contributed by atoms with Gasteiger partial charge in [-0.15, -0.1) is 0 Å². The molecule has 2 saturated heterocycles. The van der Waals surface area contributed by atoms with E-state index in [-0.39, 0.29) is 37.5 Å². The molecule has 4 aromatic carbocycles. The van der Waals surface area contributed by atoms with Crippen molar-refractivity contribution in [2.45, 2.75) is 51.0 Å².